The largest absolute Gasteiger partial charge is 0.497 e. The summed E-state index contributed by atoms with van der Waals surface area (Å²) in [6, 6.07) is 13.2. The number of para-hydroxylation sites is 2. The van der Waals surface area contributed by atoms with Gasteiger partial charge >= 0.3 is 6.03 Å². The van der Waals surface area contributed by atoms with E-state index in [9.17, 15) is 4.79 Å². The molecule has 0 spiro atoms. The molecule has 0 atom stereocenters. The second-order valence-electron chi connectivity index (χ2n) is 6.37. The maximum Gasteiger partial charge on any atom is 0.322 e. The zero-order valence-electron chi connectivity index (χ0n) is 16.6. The van der Waals surface area contributed by atoms with Gasteiger partial charge in [-0.1, -0.05) is 12.1 Å². The molecule has 1 saturated heterocycles. The number of nitrogens with one attached hydrogen (secondary N) is 1. The van der Waals surface area contributed by atoms with Crippen LogP contribution in [0.5, 0.6) is 17.2 Å². The molecule has 2 amide bonds. The fraction of sp³-hybridized carbons (Fsp3) is 0.381. The minimum Gasteiger partial charge on any atom is -0.497 e. The van der Waals surface area contributed by atoms with Crippen molar-refractivity contribution >= 4 is 17.4 Å². The van der Waals surface area contributed by atoms with Crippen LogP contribution in [0.2, 0.25) is 0 Å². The van der Waals surface area contributed by atoms with Crippen LogP contribution in [0.25, 0.3) is 0 Å². The standard InChI is InChI=1S/C21H27N3O4/c1-4-28-20-8-6-5-7-18(20)23-11-13-24(14-12-23)21(25)22-17-15-16(26-2)9-10-19(17)27-3/h5-10,15H,4,11-14H2,1-3H3,(H,22,25). The molecule has 2 aromatic rings. The number of nitrogens with zero attached hydrogens (tertiary/aromatic N) is 2. The van der Waals surface area contributed by atoms with Gasteiger partial charge in [-0.2, -0.15) is 0 Å². The second-order valence-corrected chi connectivity index (χ2v) is 6.37. The number of carbonyl (C=O) groups excluding carboxylic acids is 1. The first kappa shape index (κ1) is 19.7. The van der Waals surface area contributed by atoms with Crippen molar-refractivity contribution in [1.82, 2.24) is 4.90 Å². The Balaban J connectivity index is 1.63. The van der Waals surface area contributed by atoms with Gasteiger partial charge in [0.1, 0.15) is 17.2 Å². The summed E-state index contributed by atoms with van der Waals surface area (Å²) in [7, 11) is 3.17. The molecule has 28 heavy (non-hydrogen) atoms. The molecule has 0 bridgehead atoms. The monoisotopic (exact) mass is 385 g/mol. The zero-order chi connectivity index (χ0) is 19.9. The lowest BCUT2D eigenvalue weighted by Gasteiger charge is -2.36. The number of carbonyl (C=O) groups is 1. The molecule has 1 fully saturated rings. The molecule has 1 heterocycles. The first-order valence-corrected chi connectivity index (χ1v) is 9.41. The van der Waals surface area contributed by atoms with E-state index in [4.69, 9.17) is 14.2 Å². The summed E-state index contributed by atoms with van der Waals surface area (Å²) in [5.41, 5.74) is 1.66. The number of methoxy groups -OCH3 is 2. The highest BCUT2D eigenvalue weighted by Gasteiger charge is 2.23. The van der Waals surface area contributed by atoms with Crippen LogP contribution in [0.15, 0.2) is 42.5 Å². The van der Waals surface area contributed by atoms with Crippen molar-refractivity contribution in [2.24, 2.45) is 0 Å². The number of anilines is 2. The molecule has 150 valence electrons. The van der Waals surface area contributed by atoms with Crippen molar-refractivity contribution in [3.63, 3.8) is 0 Å². The third kappa shape index (κ3) is 4.42. The van der Waals surface area contributed by atoms with E-state index < -0.39 is 0 Å². The molecule has 1 N–H and O–H groups in total. The van der Waals surface area contributed by atoms with E-state index >= 15 is 0 Å². The van der Waals surface area contributed by atoms with Crippen LogP contribution in [-0.2, 0) is 0 Å². The molecule has 0 unspecified atom stereocenters. The average molecular weight is 385 g/mol. The molecule has 1 aliphatic rings. The van der Waals surface area contributed by atoms with Gasteiger partial charge in [0.15, 0.2) is 0 Å². The normalized spacial score (nSPS) is 13.8. The minimum atomic E-state index is -0.149. The van der Waals surface area contributed by atoms with E-state index in [0.717, 1.165) is 24.5 Å². The number of urea groups is 1. The van der Waals surface area contributed by atoms with Crippen LogP contribution in [0, 0.1) is 0 Å². The molecule has 0 aliphatic carbocycles. The molecule has 0 aromatic heterocycles. The molecule has 0 radical (unpaired) electrons. The van der Waals surface area contributed by atoms with Crippen LogP contribution in [0.3, 0.4) is 0 Å². The highest BCUT2D eigenvalue weighted by atomic mass is 16.5. The van der Waals surface area contributed by atoms with E-state index in [0.29, 0.717) is 36.9 Å². The number of ether oxygens (including phenoxy) is 3. The van der Waals surface area contributed by atoms with Gasteiger partial charge in [0, 0.05) is 32.2 Å². The van der Waals surface area contributed by atoms with Crippen molar-refractivity contribution in [2.45, 2.75) is 6.92 Å². The Morgan fingerprint density at radius 2 is 1.75 bits per heavy atom. The summed E-state index contributed by atoms with van der Waals surface area (Å²) in [4.78, 5) is 16.8. The van der Waals surface area contributed by atoms with Gasteiger partial charge in [0.05, 0.1) is 32.2 Å². The van der Waals surface area contributed by atoms with Gasteiger partial charge in [-0.05, 0) is 31.2 Å². The number of benzene rings is 2. The predicted octanol–water partition coefficient (Wildman–Crippen LogP) is 3.46. The van der Waals surface area contributed by atoms with Gasteiger partial charge in [-0.15, -0.1) is 0 Å². The van der Waals surface area contributed by atoms with Crippen molar-refractivity contribution in [3.8, 4) is 17.2 Å². The van der Waals surface area contributed by atoms with E-state index in [1.807, 2.05) is 25.1 Å². The summed E-state index contributed by atoms with van der Waals surface area (Å²) in [5.74, 6) is 2.14. The SMILES string of the molecule is CCOc1ccccc1N1CCN(C(=O)Nc2cc(OC)ccc2OC)CC1. The lowest BCUT2D eigenvalue weighted by Crippen LogP contribution is -2.50. The number of rotatable bonds is 6. The smallest absolute Gasteiger partial charge is 0.322 e. The Bertz CT molecular complexity index is 804. The number of hydrogen-bond acceptors (Lipinski definition) is 5. The Morgan fingerprint density at radius 3 is 2.43 bits per heavy atom. The second kappa shape index (κ2) is 9.21. The topological polar surface area (TPSA) is 63.3 Å². The van der Waals surface area contributed by atoms with Gasteiger partial charge < -0.3 is 29.3 Å². The van der Waals surface area contributed by atoms with Crippen LogP contribution in [-0.4, -0.2) is 57.9 Å². The van der Waals surface area contributed by atoms with E-state index in [1.54, 1.807) is 37.3 Å². The quantitative estimate of drug-likeness (QED) is 0.825. The number of hydrogen-bond donors (Lipinski definition) is 1. The Hall–Kier alpha value is -3.09. The van der Waals surface area contributed by atoms with E-state index in [2.05, 4.69) is 16.3 Å². The molecule has 3 rings (SSSR count). The third-order valence-corrected chi connectivity index (χ3v) is 4.72. The van der Waals surface area contributed by atoms with Crippen LogP contribution in [0.1, 0.15) is 6.92 Å². The summed E-state index contributed by atoms with van der Waals surface area (Å²) in [6.07, 6.45) is 0. The van der Waals surface area contributed by atoms with Crippen LogP contribution >= 0.6 is 0 Å². The lowest BCUT2D eigenvalue weighted by atomic mass is 10.2. The first-order chi connectivity index (χ1) is 13.7. The predicted molar refractivity (Wildman–Crippen MR) is 110 cm³/mol. The minimum absolute atomic E-state index is 0.149. The fourth-order valence-corrected chi connectivity index (χ4v) is 3.25. The first-order valence-electron chi connectivity index (χ1n) is 9.41. The maximum absolute atomic E-state index is 12.7. The lowest BCUT2D eigenvalue weighted by molar-refractivity contribution is 0.208. The Labute approximate surface area is 165 Å². The van der Waals surface area contributed by atoms with Crippen LogP contribution in [0.4, 0.5) is 16.2 Å². The highest BCUT2D eigenvalue weighted by molar-refractivity contribution is 5.91. The van der Waals surface area contributed by atoms with Crippen molar-refractivity contribution in [2.75, 3.05) is 57.2 Å². The summed E-state index contributed by atoms with van der Waals surface area (Å²) in [5, 5.41) is 2.93. The van der Waals surface area contributed by atoms with Gasteiger partial charge in [0.2, 0.25) is 0 Å². The molecule has 2 aromatic carbocycles. The summed E-state index contributed by atoms with van der Waals surface area (Å²) in [6.45, 7) is 5.34. The molecule has 1 aliphatic heterocycles. The molecule has 7 nitrogen and oxygen atoms in total. The van der Waals surface area contributed by atoms with Gasteiger partial charge in [-0.3, -0.25) is 0 Å². The Kier molecular flexibility index (Phi) is 6.47. The summed E-state index contributed by atoms with van der Waals surface area (Å²) < 4.78 is 16.3. The molecular formula is C21H27N3O4. The van der Waals surface area contributed by atoms with E-state index in [-0.39, 0.29) is 6.03 Å². The van der Waals surface area contributed by atoms with Crippen molar-refractivity contribution in [3.05, 3.63) is 42.5 Å². The average Bonchev–Trinajstić information content (AvgIpc) is 2.74. The van der Waals surface area contributed by atoms with Gasteiger partial charge in [-0.25, -0.2) is 4.79 Å². The fourth-order valence-electron chi connectivity index (χ4n) is 3.25. The van der Waals surface area contributed by atoms with Crippen LogP contribution < -0.4 is 24.4 Å². The van der Waals surface area contributed by atoms with Gasteiger partial charge in [0.25, 0.3) is 0 Å². The number of piperazine rings is 1. The summed E-state index contributed by atoms with van der Waals surface area (Å²) >= 11 is 0. The van der Waals surface area contributed by atoms with E-state index in [1.165, 1.54) is 0 Å². The molecule has 0 saturated carbocycles. The zero-order valence-corrected chi connectivity index (χ0v) is 16.6. The van der Waals surface area contributed by atoms with Crippen molar-refractivity contribution in [1.29, 1.82) is 0 Å². The Morgan fingerprint density at radius 1 is 1.00 bits per heavy atom. The van der Waals surface area contributed by atoms with Crippen molar-refractivity contribution < 1.29 is 19.0 Å². The molecule has 7 heteroatoms. The third-order valence-electron chi connectivity index (χ3n) is 4.72. The number of amides is 2. The highest BCUT2D eigenvalue weighted by Crippen LogP contribution is 2.30. The maximum atomic E-state index is 12.7. The molecular weight excluding hydrogens is 358 g/mol.